The Labute approximate surface area is 196 Å². The fraction of sp³-hybridized carbons (Fsp3) is 0.364. The fourth-order valence-electron chi connectivity index (χ4n) is 3.96. The molecule has 1 unspecified atom stereocenters. The van der Waals surface area contributed by atoms with E-state index in [9.17, 15) is 18.0 Å². The zero-order valence-corrected chi connectivity index (χ0v) is 20.1. The lowest BCUT2D eigenvalue weighted by atomic mass is 10.1. The van der Waals surface area contributed by atoms with Crippen molar-refractivity contribution in [2.45, 2.75) is 23.1 Å². The van der Waals surface area contributed by atoms with E-state index in [-0.39, 0.29) is 29.6 Å². The van der Waals surface area contributed by atoms with Crippen LogP contribution in [0.5, 0.6) is 17.2 Å². The lowest BCUT2D eigenvalue weighted by Crippen LogP contribution is -2.31. The van der Waals surface area contributed by atoms with Gasteiger partial charge in [0.1, 0.15) is 5.75 Å². The molecular formula is C22H24N2O7S2. The lowest BCUT2D eigenvalue weighted by molar-refractivity contribution is -0.121. The average molecular weight is 493 g/mol. The van der Waals surface area contributed by atoms with Crippen molar-refractivity contribution in [1.29, 1.82) is 0 Å². The Morgan fingerprint density at radius 2 is 1.45 bits per heavy atom. The second-order valence-corrected chi connectivity index (χ2v) is 10.5. The molecule has 2 aliphatic rings. The number of nitrogens with zero attached hydrogens (tertiary/aromatic N) is 2. The highest BCUT2D eigenvalue weighted by atomic mass is 32.2. The zero-order chi connectivity index (χ0) is 23.8. The van der Waals surface area contributed by atoms with Crippen molar-refractivity contribution in [3.8, 4) is 17.2 Å². The van der Waals surface area contributed by atoms with Gasteiger partial charge in [0.15, 0.2) is 11.5 Å². The highest BCUT2D eigenvalue weighted by molar-refractivity contribution is 8.01. The van der Waals surface area contributed by atoms with Crippen LogP contribution in [0.1, 0.15) is 23.8 Å². The summed E-state index contributed by atoms with van der Waals surface area (Å²) in [6, 6.07) is 9.24. The van der Waals surface area contributed by atoms with E-state index >= 15 is 0 Å². The van der Waals surface area contributed by atoms with Gasteiger partial charge >= 0.3 is 0 Å². The minimum Gasteiger partial charge on any atom is -0.496 e. The van der Waals surface area contributed by atoms with Crippen molar-refractivity contribution in [2.75, 3.05) is 38.5 Å². The molecule has 0 N–H and O–H groups in total. The monoisotopic (exact) mass is 492 g/mol. The van der Waals surface area contributed by atoms with Crippen molar-refractivity contribution in [3.63, 3.8) is 0 Å². The zero-order valence-electron chi connectivity index (χ0n) is 18.4. The van der Waals surface area contributed by atoms with Crippen LogP contribution < -0.4 is 19.1 Å². The highest BCUT2D eigenvalue weighted by Gasteiger charge is 2.39. The van der Waals surface area contributed by atoms with Crippen LogP contribution in [0, 0.1) is 0 Å². The Morgan fingerprint density at radius 3 is 2.03 bits per heavy atom. The lowest BCUT2D eigenvalue weighted by Gasteiger charge is -2.26. The van der Waals surface area contributed by atoms with Crippen LogP contribution in [-0.4, -0.2) is 58.2 Å². The fourth-order valence-corrected chi connectivity index (χ4v) is 7.21. The Balaban J connectivity index is 1.67. The van der Waals surface area contributed by atoms with E-state index < -0.39 is 15.4 Å². The molecule has 11 heteroatoms. The SMILES string of the molecule is COc1cc(OC)c(C2SCCN2S(=O)(=O)c2ccc(N3C(=O)CCC3=O)cc2)cc1OC. The molecule has 1 atom stereocenters. The minimum atomic E-state index is -3.87. The normalized spacial score (nSPS) is 19.2. The van der Waals surface area contributed by atoms with Crippen LogP contribution in [0.2, 0.25) is 0 Å². The maximum Gasteiger partial charge on any atom is 0.244 e. The molecule has 2 aliphatic heterocycles. The summed E-state index contributed by atoms with van der Waals surface area (Å²) in [5.41, 5.74) is 1.03. The number of hydrogen-bond acceptors (Lipinski definition) is 8. The van der Waals surface area contributed by atoms with Gasteiger partial charge in [-0.15, -0.1) is 11.8 Å². The first kappa shape index (κ1) is 23.4. The van der Waals surface area contributed by atoms with Crippen molar-refractivity contribution in [2.24, 2.45) is 0 Å². The molecule has 0 bridgehead atoms. The number of thioether (sulfide) groups is 1. The third-order valence-electron chi connectivity index (χ3n) is 5.60. The summed E-state index contributed by atoms with van der Waals surface area (Å²) < 4.78 is 44.7. The average Bonchev–Trinajstić information content (AvgIpc) is 3.45. The quantitative estimate of drug-likeness (QED) is 0.544. The van der Waals surface area contributed by atoms with Crippen molar-refractivity contribution in [3.05, 3.63) is 42.0 Å². The number of carbonyl (C=O) groups is 2. The Morgan fingerprint density at radius 1 is 0.879 bits per heavy atom. The number of hydrogen-bond donors (Lipinski definition) is 0. The molecule has 2 fully saturated rings. The molecule has 0 spiro atoms. The molecule has 2 aromatic carbocycles. The maximum absolute atomic E-state index is 13.5. The van der Waals surface area contributed by atoms with Crippen LogP contribution in [0.3, 0.4) is 0 Å². The summed E-state index contributed by atoms with van der Waals surface area (Å²) in [5, 5.41) is -0.522. The Hall–Kier alpha value is -2.76. The molecule has 33 heavy (non-hydrogen) atoms. The summed E-state index contributed by atoms with van der Waals surface area (Å²) in [4.78, 5) is 25.1. The number of methoxy groups -OCH3 is 3. The molecule has 9 nitrogen and oxygen atoms in total. The van der Waals surface area contributed by atoms with Gasteiger partial charge in [0, 0.05) is 36.8 Å². The van der Waals surface area contributed by atoms with Gasteiger partial charge in [-0.25, -0.2) is 8.42 Å². The first-order valence-electron chi connectivity index (χ1n) is 10.2. The van der Waals surface area contributed by atoms with E-state index in [1.165, 1.54) is 61.7 Å². The first-order valence-corrected chi connectivity index (χ1v) is 12.7. The van der Waals surface area contributed by atoms with Gasteiger partial charge in [0.05, 0.1) is 37.3 Å². The minimum absolute atomic E-state index is 0.0808. The molecule has 0 radical (unpaired) electrons. The second-order valence-electron chi connectivity index (χ2n) is 7.40. The van der Waals surface area contributed by atoms with Crippen molar-refractivity contribution in [1.82, 2.24) is 4.31 Å². The molecule has 0 saturated carbocycles. The van der Waals surface area contributed by atoms with Gasteiger partial charge < -0.3 is 14.2 Å². The third-order valence-corrected chi connectivity index (χ3v) is 8.86. The van der Waals surface area contributed by atoms with E-state index in [1.807, 2.05) is 0 Å². The number of rotatable bonds is 7. The topological polar surface area (TPSA) is 102 Å². The van der Waals surface area contributed by atoms with Crippen molar-refractivity contribution < 1.29 is 32.2 Å². The molecule has 2 aromatic rings. The van der Waals surface area contributed by atoms with E-state index in [0.717, 1.165) is 4.90 Å². The van der Waals surface area contributed by atoms with Gasteiger partial charge in [-0.3, -0.25) is 14.5 Å². The largest absolute Gasteiger partial charge is 0.496 e. The van der Waals surface area contributed by atoms with Crippen LogP contribution in [0.15, 0.2) is 41.3 Å². The molecule has 176 valence electrons. The molecule has 4 rings (SSSR count). The van der Waals surface area contributed by atoms with Gasteiger partial charge in [-0.2, -0.15) is 4.31 Å². The van der Waals surface area contributed by atoms with Crippen LogP contribution in [0.25, 0.3) is 0 Å². The van der Waals surface area contributed by atoms with Crippen LogP contribution in [-0.2, 0) is 19.6 Å². The molecule has 2 saturated heterocycles. The van der Waals surface area contributed by atoms with E-state index in [1.54, 1.807) is 12.1 Å². The summed E-state index contributed by atoms with van der Waals surface area (Å²) in [5.74, 6) is 1.49. The van der Waals surface area contributed by atoms with Crippen LogP contribution >= 0.6 is 11.8 Å². The number of anilines is 1. The smallest absolute Gasteiger partial charge is 0.244 e. The van der Waals surface area contributed by atoms with E-state index in [0.29, 0.717) is 40.8 Å². The summed E-state index contributed by atoms with van der Waals surface area (Å²) in [6.07, 6.45) is 0.331. The number of imide groups is 1. The Kier molecular flexibility index (Phi) is 6.55. The second kappa shape index (κ2) is 9.24. The van der Waals surface area contributed by atoms with E-state index in [4.69, 9.17) is 14.2 Å². The van der Waals surface area contributed by atoms with Gasteiger partial charge in [0.2, 0.25) is 21.8 Å². The Bertz CT molecular complexity index is 1170. The standard InChI is InChI=1S/C22H24N2O7S2/c1-29-17-13-19(31-3)18(30-2)12-16(17)22-23(10-11-32-22)33(27,28)15-6-4-14(5-7-15)24-20(25)8-9-21(24)26/h4-7,12-13,22H,8-11H2,1-3H3. The van der Waals surface area contributed by atoms with E-state index in [2.05, 4.69) is 0 Å². The summed E-state index contributed by atoms with van der Waals surface area (Å²) in [7, 11) is 0.684. The van der Waals surface area contributed by atoms with Crippen LogP contribution in [0.4, 0.5) is 5.69 Å². The third kappa shape index (κ3) is 4.16. The number of carbonyl (C=O) groups excluding carboxylic acids is 2. The molecule has 0 aliphatic carbocycles. The molecule has 0 aromatic heterocycles. The maximum atomic E-state index is 13.5. The summed E-state index contributed by atoms with van der Waals surface area (Å²) in [6.45, 7) is 0.319. The molecular weight excluding hydrogens is 468 g/mol. The molecule has 2 amide bonds. The molecule has 2 heterocycles. The van der Waals surface area contributed by atoms with Gasteiger partial charge in [0.25, 0.3) is 0 Å². The van der Waals surface area contributed by atoms with Gasteiger partial charge in [-0.1, -0.05) is 0 Å². The first-order chi connectivity index (χ1) is 15.8. The summed E-state index contributed by atoms with van der Waals surface area (Å²) >= 11 is 1.48. The number of amides is 2. The predicted octanol–water partition coefficient (Wildman–Crippen LogP) is 2.80. The predicted molar refractivity (Wildman–Crippen MR) is 123 cm³/mol. The highest BCUT2D eigenvalue weighted by Crippen LogP contribution is 2.47. The van der Waals surface area contributed by atoms with Gasteiger partial charge in [-0.05, 0) is 30.3 Å². The number of benzene rings is 2. The number of ether oxygens (including phenoxy) is 3. The van der Waals surface area contributed by atoms with Crippen molar-refractivity contribution >= 4 is 39.3 Å². The number of sulfonamides is 1.